The Morgan fingerprint density at radius 3 is 1.56 bits per heavy atom. The van der Waals surface area contributed by atoms with Gasteiger partial charge >= 0.3 is 5.97 Å². The smallest absolute Gasteiger partial charge is 0.303 e. The van der Waals surface area contributed by atoms with Gasteiger partial charge in [-0.1, -0.05) is 59.8 Å². The standard InChI is InChI=1S/C77H134N16O17/c1-7-19-53-67(101)86-55(34-35-61(99)100)68(102)87-57(41-47-28-32-51(96)33-29-47)72(106)93-64(48-20-10-8-11-21-48)75(109)92-62(44(2)94)73(107)82-38-17-14-24-59(97)80-37-16-9-12-25-60(98)90-65(77(4,5)6)76(110)89-56(40-46-26-30-50(79)31-27-46)70(104)85-54(23-13-15-36-78)69(103)91-63(45(3)95)74(108)88-58(71(105)84-53)42-49-43-83-66-52(49)22-18-39-81-66/h44-58,62-66,81,83,94-96H,7-43,78-79H2,1-6H3,(H,80,97)(H,82,107)(H,84,105)(H,85,104)(H,86,101)(H,87,102)(H,88,108)(H,89,110)(H,90,98)(H,91,103)(H,92,109)(H,93,106)(H,99,100)/t44-,45-,46?,47?,49?,50?,51?,52?,53+,54+,55+,56+,57+,58+,62+,63+,64+,65-,66?/m1/s1. The summed E-state index contributed by atoms with van der Waals surface area (Å²) in [5, 5.41) is 83.3. The maximum Gasteiger partial charge on any atom is 0.303 e. The van der Waals surface area contributed by atoms with Crippen LogP contribution >= 0.6 is 0 Å². The van der Waals surface area contributed by atoms with Crippen molar-refractivity contribution in [1.29, 1.82) is 0 Å². The number of carboxylic acids is 1. The van der Waals surface area contributed by atoms with Crippen molar-refractivity contribution in [3.8, 4) is 0 Å². The van der Waals surface area contributed by atoms with Crippen LogP contribution in [0.5, 0.6) is 0 Å². The second-order valence-electron chi connectivity index (χ2n) is 33.1. The van der Waals surface area contributed by atoms with Crippen LogP contribution in [0, 0.1) is 35.0 Å². The van der Waals surface area contributed by atoms with Gasteiger partial charge in [-0.05, 0) is 223 Å². The molecule has 0 aromatic heterocycles. The second kappa shape index (κ2) is 46.7. The predicted molar refractivity (Wildman–Crippen MR) is 409 cm³/mol. The monoisotopic (exact) mass is 1560 g/mol. The molecule has 3 unspecified atom stereocenters. The average Bonchev–Trinajstić information content (AvgIpc) is 1.69. The van der Waals surface area contributed by atoms with Gasteiger partial charge in [-0.2, -0.15) is 0 Å². The SMILES string of the molecule is CCC[C@@H]1NC(=O)[C@H](CC2CNC3NCCCC23)NC(=O)[C@H]([C@@H](C)O)NC(=O)[C@H](CCCCN)NC(=O)[C@H](CC2CCC(N)CC2)NC(=O)[C@H](C(C)(C)C)NC(=O)CCCCCNC(=O)CCCCNC(=O)[C@H]([C@@H](C)O)NC(=O)[C@H](C2CCCCC2)NC(=O)[C@H](CC2CCC(O)CC2)NC(=O)[C@H](CCC(=O)O)NC1=O. The van der Waals surface area contributed by atoms with E-state index in [0.29, 0.717) is 135 Å². The van der Waals surface area contributed by atoms with Gasteiger partial charge in [0.1, 0.15) is 60.4 Å². The first-order valence-corrected chi connectivity index (χ1v) is 41.1. The molecule has 110 heavy (non-hydrogen) atoms. The van der Waals surface area contributed by atoms with Gasteiger partial charge in [0.15, 0.2) is 0 Å². The molecule has 0 radical (unpaired) electrons. The van der Waals surface area contributed by atoms with Gasteiger partial charge in [0.2, 0.25) is 70.9 Å². The van der Waals surface area contributed by atoms with E-state index in [1.165, 1.54) is 13.8 Å². The van der Waals surface area contributed by atoms with Crippen LogP contribution in [-0.4, -0.2) is 221 Å². The van der Waals surface area contributed by atoms with Gasteiger partial charge < -0.3 is 106 Å². The Labute approximate surface area is 648 Å². The highest BCUT2D eigenvalue weighted by atomic mass is 16.4. The van der Waals surface area contributed by atoms with E-state index in [1.807, 2.05) is 0 Å². The Bertz CT molecular complexity index is 3010. The van der Waals surface area contributed by atoms with Crippen molar-refractivity contribution in [2.75, 3.05) is 32.7 Å². The van der Waals surface area contributed by atoms with Gasteiger partial charge in [-0.3, -0.25) is 62.3 Å². The molecule has 6 fully saturated rings. The Morgan fingerprint density at radius 2 is 0.964 bits per heavy atom. The lowest BCUT2D eigenvalue weighted by atomic mass is 9.82. The maximum atomic E-state index is 15.1. The number of hydrogen-bond donors (Lipinski definition) is 20. The minimum absolute atomic E-state index is 0.000675. The fourth-order valence-electron chi connectivity index (χ4n) is 16.2. The van der Waals surface area contributed by atoms with Crippen LogP contribution in [0.2, 0.25) is 0 Å². The lowest BCUT2D eigenvalue weighted by Gasteiger charge is -2.34. The van der Waals surface area contributed by atoms with Crippen LogP contribution in [0.1, 0.15) is 247 Å². The van der Waals surface area contributed by atoms with E-state index in [9.17, 15) is 73.2 Å². The largest absolute Gasteiger partial charge is 0.481 e. The van der Waals surface area contributed by atoms with E-state index in [0.717, 1.165) is 25.8 Å². The quantitative estimate of drug-likeness (QED) is 0.0789. The molecule has 0 aromatic carbocycles. The van der Waals surface area contributed by atoms with Crippen LogP contribution < -0.4 is 85.9 Å². The average molecular weight is 1560 g/mol. The molecule has 3 aliphatic heterocycles. The second-order valence-corrected chi connectivity index (χ2v) is 33.1. The number of nitrogens with two attached hydrogens (primary N) is 2. The molecule has 6 rings (SSSR count). The number of carboxylic acid groups (broad SMARTS) is 1. The van der Waals surface area contributed by atoms with E-state index in [1.54, 1.807) is 27.7 Å². The van der Waals surface area contributed by atoms with Gasteiger partial charge in [-0.15, -0.1) is 0 Å². The lowest BCUT2D eigenvalue weighted by molar-refractivity contribution is -0.139. The summed E-state index contributed by atoms with van der Waals surface area (Å²) in [6, 6.07) is -14.2. The number of nitrogens with one attached hydrogen (secondary N) is 14. The summed E-state index contributed by atoms with van der Waals surface area (Å²) in [5.41, 5.74) is 11.4. The number of carbonyl (C=O) groups excluding carboxylic acids is 12. The fraction of sp³-hybridized carbons (Fsp3) is 0.831. The zero-order valence-electron chi connectivity index (χ0n) is 66.0. The van der Waals surface area contributed by atoms with E-state index in [-0.39, 0.29) is 106 Å². The summed E-state index contributed by atoms with van der Waals surface area (Å²) in [4.78, 5) is 186. The number of piperidine rings is 1. The first-order valence-electron chi connectivity index (χ1n) is 41.1. The highest BCUT2D eigenvalue weighted by molar-refractivity contribution is 5.99. The summed E-state index contributed by atoms with van der Waals surface area (Å²) < 4.78 is 0. The number of unbranched alkanes of at least 4 members (excludes halogenated alkanes) is 1. The summed E-state index contributed by atoms with van der Waals surface area (Å²) in [6.07, 6.45) is 7.97. The highest BCUT2D eigenvalue weighted by Crippen LogP contribution is 2.34. The Hall–Kier alpha value is -7.17. The molecule has 33 heteroatoms. The Kier molecular flexibility index (Phi) is 39.0. The lowest BCUT2D eigenvalue weighted by Crippen LogP contribution is -2.62. The van der Waals surface area contributed by atoms with Crippen LogP contribution in [0.3, 0.4) is 0 Å². The maximum absolute atomic E-state index is 15.1. The van der Waals surface area contributed by atoms with Crippen molar-refractivity contribution < 1.29 is 82.8 Å². The first kappa shape index (κ1) is 91.7. The molecule has 12 amide bonds. The summed E-state index contributed by atoms with van der Waals surface area (Å²) in [6.45, 7) is 11.4. The third-order valence-corrected chi connectivity index (χ3v) is 22.9. The zero-order valence-corrected chi connectivity index (χ0v) is 66.0. The van der Waals surface area contributed by atoms with Crippen molar-refractivity contribution in [3.05, 3.63) is 0 Å². The highest BCUT2D eigenvalue weighted by Gasteiger charge is 2.44. The van der Waals surface area contributed by atoms with Crippen LogP contribution in [0.4, 0.5) is 0 Å². The van der Waals surface area contributed by atoms with Crippen molar-refractivity contribution >= 4 is 76.9 Å². The van der Waals surface area contributed by atoms with Crippen LogP contribution in [-0.2, 0) is 62.3 Å². The number of aliphatic hydroxyl groups is 3. The normalized spacial score (nSPS) is 32.3. The number of rotatable bonds is 18. The first-order chi connectivity index (χ1) is 52.3. The van der Waals surface area contributed by atoms with Gasteiger partial charge in [0.05, 0.1) is 24.5 Å². The molecule has 624 valence electrons. The summed E-state index contributed by atoms with van der Waals surface area (Å²) >= 11 is 0. The molecule has 15 atom stereocenters. The van der Waals surface area contributed by atoms with Crippen molar-refractivity contribution in [2.24, 2.45) is 46.5 Å². The number of carbonyl (C=O) groups is 13. The van der Waals surface area contributed by atoms with Gasteiger partial charge in [0.25, 0.3) is 0 Å². The molecular formula is C77H134N16O17. The third kappa shape index (κ3) is 30.7. The van der Waals surface area contributed by atoms with Crippen molar-refractivity contribution in [1.82, 2.24) is 74.4 Å². The molecule has 0 spiro atoms. The topological polar surface area (TPSA) is 523 Å². The molecule has 3 aliphatic carbocycles. The van der Waals surface area contributed by atoms with E-state index in [4.69, 9.17) is 11.5 Å². The molecule has 3 saturated heterocycles. The zero-order chi connectivity index (χ0) is 80.6. The molecule has 3 heterocycles. The summed E-state index contributed by atoms with van der Waals surface area (Å²) in [7, 11) is 0. The minimum atomic E-state index is -1.75. The van der Waals surface area contributed by atoms with Gasteiger partial charge in [-0.25, -0.2) is 0 Å². The molecule has 0 bridgehead atoms. The molecule has 3 saturated carbocycles. The Morgan fingerprint density at radius 1 is 0.473 bits per heavy atom. The third-order valence-electron chi connectivity index (χ3n) is 22.9. The number of hydrogen-bond acceptors (Lipinski definition) is 20. The molecule has 6 aliphatic rings. The van der Waals surface area contributed by atoms with Crippen LogP contribution in [0.25, 0.3) is 0 Å². The van der Waals surface area contributed by atoms with Crippen LogP contribution in [0.15, 0.2) is 0 Å². The fourth-order valence-corrected chi connectivity index (χ4v) is 16.2. The number of amides is 12. The van der Waals surface area contributed by atoms with Crippen molar-refractivity contribution in [3.63, 3.8) is 0 Å². The van der Waals surface area contributed by atoms with Gasteiger partial charge in [0, 0.05) is 38.4 Å². The number of fused-ring (bicyclic) bond motifs is 1. The minimum Gasteiger partial charge on any atom is -0.481 e. The van der Waals surface area contributed by atoms with E-state index < -0.39 is 174 Å². The molecule has 33 nitrogen and oxygen atoms in total. The summed E-state index contributed by atoms with van der Waals surface area (Å²) in [5.74, 6) is -11.2. The Balaban J connectivity index is 1.34. The van der Waals surface area contributed by atoms with E-state index >= 15 is 9.59 Å². The predicted octanol–water partition coefficient (Wildman–Crippen LogP) is -0.223. The molecular weight excluding hydrogens is 1420 g/mol. The van der Waals surface area contributed by atoms with Crippen molar-refractivity contribution in [2.45, 2.75) is 338 Å². The molecule has 22 N–H and O–H groups in total. The van der Waals surface area contributed by atoms with E-state index in [2.05, 4.69) is 74.4 Å². The number of aliphatic hydroxyl groups excluding tert-OH is 3. The number of aliphatic carboxylic acids is 1. The molecule has 0 aromatic rings.